The van der Waals surface area contributed by atoms with Crippen molar-refractivity contribution in [3.63, 3.8) is 0 Å². The molecule has 3 rings (SSSR count). The standard InChI is InChI=1S/C17H14N2O3/c1-22-15-9-5-4-8-14(15)19-17(21)16(20)12-10-18-13-7-3-2-6-11(12)13/h2-10,18H,1H3,(H,19,21). The van der Waals surface area contributed by atoms with Crippen LogP contribution in [-0.2, 0) is 4.79 Å². The van der Waals surface area contributed by atoms with Gasteiger partial charge in [0.15, 0.2) is 0 Å². The van der Waals surface area contributed by atoms with Crippen molar-refractivity contribution in [2.75, 3.05) is 12.4 Å². The fourth-order valence-electron chi connectivity index (χ4n) is 2.31. The largest absolute Gasteiger partial charge is 0.495 e. The van der Waals surface area contributed by atoms with Crippen LogP contribution in [0, 0.1) is 0 Å². The fraction of sp³-hybridized carbons (Fsp3) is 0.0588. The van der Waals surface area contributed by atoms with Crippen LogP contribution in [0.1, 0.15) is 10.4 Å². The van der Waals surface area contributed by atoms with Gasteiger partial charge in [-0.05, 0) is 18.2 Å². The zero-order valence-electron chi connectivity index (χ0n) is 11.9. The predicted octanol–water partition coefficient (Wildman–Crippen LogP) is 3.00. The minimum absolute atomic E-state index is 0.350. The van der Waals surface area contributed by atoms with Gasteiger partial charge in [-0.1, -0.05) is 30.3 Å². The second-order valence-electron chi connectivity index (χ2n) is 4.73. The van der Waals surface area contributed by atoms with Gasteiger partial charge in [-0.15, -0.1) is 0 Å². The maximum absolute atomic E-state index is 12.4. The van der Waals surface area contributed by atoms with E-state index in [2.05, 4.69) is 10.3 Å². The van der Waals surface area contributed by atoms with Crippen LogP contribution in [0.25, 0.3) is 10.9 Å². The van der Waals surface area contributed by atoms with E-state index in [4.69, 9.17) is 4.74 Å². The number of rotatable bonds is 4. The monoisotopic (exact) mass is 294 g/mol. The number of carbonyl (C=O) groups excluding carboxylic acids is 2. The summed E-state index contributed by atoms with van der Waals surface area (Å²) in [5, 5.41) is 3.31. The number of para-hydroxylation sites is 3. The normalized spacial score (nSPS) is 10.4. The average molecular weight is 294 g/mol. The molecule has 1 heterocycles. The maximum Gasteiger partial charge on any atom is 0.296 e. The molecule has 5 nitrogen and oxygen atoms in total. The van der Waals surface area contributed by atoms with E-state index in [1.165, 1.54) is 7.11 Å². The first kappa shape index (κ1) is 13.9. The van der Waals surface area contributed by atoms with Gasteiger partial charge in [0, 0.05) is 17.1 Å². The second kappa shape index (κ2) is 5.73. The summed E-state index contributed by atoms with van der Waals surface area (Å²) in [6.45, 7) is 0. The SMILES string of the molecule is COc1ccccc1NC(=O)C(=O)c1c[nH]c2ccccc12. The Morgan fingerprint density at radius 1 is 1.05 bits per heavy atom. The third-order valence-corrected chi connectivity index (χ3v) is 3.40. The van der Waals surface area contributed by atoms with Crippen molar-refractivity contribution in [2.45, 2.75) is 0 Å². The number of methoxy groups -OCH3 is 1. The molecule has 0 bridgehead atoms. The van der Waals surface area contributed by atoms with Crippen LogP contribution in [0.3, 0.4) is 0 Å². The van der Waals surface area contributed by atoms with Crippen LogP contribution in [-0.4, -0.2) is 23.8 Å². The van der Waals surface area contributed by atoms with Crippen LogP contribution < -0.4 is 10.1 Å². The van der Waals surface area contributed by atoms with Crippen molar-refractivity contribution < 1.29 is 14.3 Å². The Morgan fingerprint density at radius 2 is 1.77 bits per heavy atom. The number of hydrogen-bond acceptors (Lipinski definition) is 3. The fourth-order valence-corrected chi connectivity index (χ4v) is 2.31. The van der Waals surface area contributed by atoms with E-state index in [9.17, 15) is 9.59 Å². The summed E-state index contributed by atoms with van der Waals surface area (Å²) in [7, 11) is 1.51. The number of hydrogen-bond donors (Lipinski definition) is 2. The lowest BCUT2D eigenvalue weighted by Crippen LogP contribution is -2.22. The molecule has 2 aromatic carbocycles. The molecule has 0 radical (unpaired) electrons. The van der Waals surface area contributed by atoms with Gasteiger partial charge in [-0.25, -0.2) is 0 Å². The highest BCUT2D eigenvalue weighted by Gasteiger charge is 2.20. The number of ether oxygens (including phenoxy) is 1. The number of Topliss-reactive ketones (excluding diaryl/α,β-unsaturated/α-hetero) is 1. The molecule has 0 saturated heterocycles. The third kappa shape index (κ3) is 2.44. The number of H-pyrrole nitrogens is 1. The van der Waals surface area contributed by atoms with Crippen LogP contribution in [0.15, 0.2) is 54.7 Å². The van der Waals surface area contributed by atoms with E-state index < -0.39 is 11.7 Å². The minimum Gasteiger partial charge on any atom is -0.495 e. The van der Waals surface area contributed by atoms with Gasteiger partial charge in [0.2, 0.25) is 0 Å². The molecule has 0 aliphatic heterocycles. The van der Waals surface area contributed by atoms with Crippen LogP contribution in [0.4, 0.5) is 5.69 Å². The summed E-state index contributed by atoms with van der Waals surface area (Å²) in [6, 6.07) is 14.3. The zero-order chi connectivity index (χ0) is 15.5. The summed E-state index contributed by atoms with van der Waals surface area (Å²) >= 11 is 0. The van der Waals surface area contributed by atoms with Gasteiger partial charge < -0.3 is 15.0 Å². The Kier molecular flexibility index (Phi) is 3.62. The highest BCUT2D eigenvalue weighted by molar-refractivity contribution is 6.48. The number of benzene rings is 2. The quantitative estimate of drug-likeness (QED) is 0.574. The molecule has 5 heteroatoms. The zero-order valence-corrected chi connectivity index (χ0v) is 11.9. The Labute approximate surface area is 126 Å². The Morgan fingerprint density at radius 3 is 2.59 bits per heavy atom. The lowest BCUT2D eigenvalue weighted by molar-refractivity contribution is -0.112. The van der Waals surface area contributed by atoms with Crippen molar-refractivity contribution in [1.29, 1.82) is 0 Å². The van der Waals surface area contributed by atoms with Gasteiger partial charge in [-0.3, -0.25) is 9.59 Å². The molecule has 0 unspecified atom stereocenters. The van der Waals surface area contributed by atoms with Gasteiger partial charge in [0.05, 0.1) is 18.4 Å². The molecule has 0 aliphatic rings. The highest BCUT2D eigenvalue weighted by atomic mass is 16.5. The van der Waals surface area contributed by atoms with E-state index >= 15 is 0 Å². The first-order valence-corrected chi connectivity index (χ1v) is 6.75. The molecule has 0 fully saturated rings. The molecular formula is C17H14N2O3. The molecule has 0 atom stereocenters. The van der Waals surface area contributed by atoms with Crippen LogP contribution in [0.2, 0.25) is 0 Å². The molecule has 0 saturated carbocycles. The van der Waals surface area contributed by atoms with Crippen LogP contribution in [0.5, 0.6) is 5.75 Å². The number of carbonyl (C=O) groups is 2. The number of nitrogens with one attached hydrogen (secondary N) is 2. The minimum atomic E-state index is -0.700. The molecule has 0 aliphatic carbocycles. The molecule has 0 spiro atoms. The van der Waals surface area contributed by atoms with E-state index in [1.54, 1.807) is 36.5 Å². The number of anilines is 1. The number of aromatic nitrogens is 1. The smallest absolute Gasteiger partial charge is 0.296 e. The molecule has 3 aromatic rings. The van der Waals surface area contributed by atoms with Gasteiger partial charge in [0.1, 0.15) is 5.75 Å². The summed E-state index contributed by atoms with van der Waals surface area (Å²) in [5.41, 5.74) is 1.63. The van der Waals surface area contributed by atoms with Crippen molar-refractivity contribution in [2.24, 2.45) is 0 Å². The van der Waals surface area contributed by atoms with Crippen molar-refractivity contribution in [3.8, 4) is 5.75 Å². The Bertz CT molecular complexity index is 852. The first-order valence-electron chi connectivity index (χ1n) is 6.75. The highest BCUT2D eigenvalue weighted by Crippen LogP contribution is 2.24. The summed E-state index contributed by atoms with van der Waals surface area (Å²) in [4.78, 5) is 27.5. The molecule has 110 valence electrons. The van der Waals surface area contributed by atoms with E-state index in [-0.39, 0.29) is 0 Å². The number of ketones is 1. The number of amides is 1. The Balaban J connectivity index is 1.87. The summed E-state index contributed by atoms with van der Waals surface area (Å²) < 4.78 is 5.15. The molecule has 1 aromatic heterocycles. The lowest BCUT2D eigenvalue weighted by Gasteiger charge is -2.08. The topological polar surface area (TPSA) is 71.2 Å². The summed E-state index contributed by atoms with van der Waals surface area (Å²) in [5.74, 6) is -0.791. The second-order valence-corrected chi connectivity index (χ2v) is 4.73. The molecular weight excluding hydrogens is 280 g/mol. The van der Waals surface area contributed by atoms with Gasteiger partial charge >= 0.3 is 0 Å². The molecule has 22 heavy (non-hydrogen) atoms. The van der Waals surface area contributed by atoms with Crippen molar-refractivity contribution >= 4 is 28.3 Å². The van der Waals surface area contributed by atoms with Crippen LogP contribution >= 0.6 is 0 Å². The predicted molar refractivity (Wildman–Crippen MR) is 84.3 cm³/mol. The van der Waals surface area contributed by atoms with Gasteiger partial charge in [-0.2, -0.15) is 0 Å². The third-order valence-electron chi connectivity index (χ3n) is 3.40. The average Bonchev–Trinajstić information content (AvgIpc) is 2.98. The van der Waals surface area contributed by atoms with Crippen molar-refractivity contribution in [1.82, 2.24) is 4.98 Å². The number of aromatic amines is 1. The van der Waals surface area contributed by atoms with Gasteiger partial charge in [0.25, 0.3) is 11.7 Å². The lowest BCUT2D eigenvalue weighted by atomic mass is 10.1. The Hall–Kier alpha value is -3.08. The van der Waals surface area contributed by atoms with E-state index in [0.29, 0.717) is 17.0 Å². The molecule has 1 amide bonds. The number of fused-ring (bicyclic) bond motifs is 1. The van der Waals surface area contributed by atoms with Crippen molar-refractivity contribution in [3.05, 3.63) is 60.3 Å². The molecule has 2 N–H and O–H groups in total. The van der Waals surface area contributed by atoms with E-state index in [0.717, 1.165) is 10.9 Å². The summed E-state index contributed by atoms with van der Waals surface area (Å²) in [6.07, 6.45) is 1.55. The first-order chi connectivity index (χ1) is 10.7. The van der Waals surface area contributed by atoms with E-state index in [1.807, 2.05) is 18.2 Å². The maximum atomic E-state index is 12.4.